The lowest BCUT2D eigenvalue weighted by atomic mass is 10.1. The van der Waals surface area contributed by atoms with Gasteiger partial charge in [0.15, 0.2) is 0 Å². The van der Waals surface area contributed by atoms with Crippen LogP contribution in [-0.4, -0.2) is 36.4 Å². The van der Waals surface area contributed by atoms with Crippen LogP contribution in [0.15, 0.2) is 53.0 Å². The van der Waals surface area contributed by atoms with Crippen molar-refractivity contribution in [3.8, 4) is 0 Å². The van der Waals surface area contributed by atoms with Crippen molar-refractivity contribution in [2.24, 2.45) is 0 Å². The Morgan fingerprint density at radius 3 is 2.52 bits per heavy atom. The van der Waals surface area contributed by atoms with Crippen molar-refractivity contribution in [3.05, 3.63) is 69.9 Å². The van der Waals surface area contributed by atoms with Gasteiger partial charge in [-0.2, -0.15) is 11.8 Å². The van der Waals surface area contributed by atoms with Crippen LogP contribution in [0, 0.1) is 5.82 Å². The van der Waals surface area contributed by atoms with Gasteiger partial charge in [0.2, 0.25) is 5.91 Å². The molecule has 2 aromatic carbocycles. The van der Waals surface area contributed by atoms with Crippen LogP contribution in [0.4, 0.5) is 4.39 Å². The average Bonchev–Trinajstić information content (AvgIpc) is 2.66. The molecule has 2 aromatic rings. The van der Waals surface area contributed by atoms with Crippen molar-refractivity contribution < 1.29 is 14.0 Å². The zero-order valence-corrected chi connectivity index (χ0v) is 17.4. The largest absolute Gasteiger partial charge is 0.354 e. The van der Waals surface area contributed by atoms with E-state index in [2.05, 4.69) is 26.6 Å². The highest BCUT2D eigenvalue weighted by Crippen LogP contribution is 2.16. The summed E-state index contributed by atoms with van der Waals surface area (Å²) in [5, 5.41) is 5.68. The standard InChI is InChI=1S/C20H22BrFN2O2S/c1-27-13-11-18(24-19(25)16-4-2-3-5-17(16)21)20(26)23-12-10-14-6-8-15(22)9-7-14/h2-9,18H,10-13H2,1H3,(H,23,26)(H,24,25). The van der Waals surface area contributed by atoms with Crippen LogP contribution >= 0.6 is 27.7 Å². The Morgan fingerprint density at radius 1 is 1.15 bits per heavy atom. The van der Waals surface area contributed by atoms with E-state index in [0.29, 0.717) is 29.4 Å². The number of carbonyl (C=O) groups excluding carboxylic acids is 2. The Bertz CT molecular complexity index is 771. The fourth-order valence-electron chi connectivity index (χ4n) is 2.49. The van der Waals surface area contributed by atoms with E-state index in [0.717, 1.165) is 11.3 Å². The van der Waals surface area contributed by atoms with Crippen LogP contribution in [0.1, 0.15) is 22.3 Å². The van der Waals surface area contributed by atoms with Crippen molar-refractivity contribution in [2.45, 2.75) is 18.9 Å². The Balaban J connectivity index is 1.93. The minimum Gasteiger partial charge on any atom is -0.354 e. The molecule has 0 heterocycles. The van der Waals surface area contributed by atoms with Gasteiger partial charge >= 0.3 is 0 Å². The summed E-state index contributed by atoms with van der Waals surface area (Å²) in [4.78, 5) is 25.0. The van der Waals surface area contributed by atoms with Crippen molar-refractivity contribution in [3.63, 3.8) is 0 Å². The van der Waals surface area contributed by atoms with Crippen molar-refractivity contribution >= 4 is 39.5 Å². The van der Waals surface area contributed by atoms with Gasteiger partial charge in [-0.25, -0.2) is 4.39 Å². The quantitative estimate of drug-likeness (QED) is 0.608. The fourth-order valence-corrected chi connectivity index (χ4v) is 3.43. The number of halogens is 2. The monoisotopic (exact) mass is 452 g/mol. The molecule has 2 rings (SSSR count). The van der Waals surface area contributed by atoms with Crippen molar-refractivity contribution in [2.75, 3.05) is 18.6 Å². The molecule has 144 valence electrons. The minimum absolute atomic E-state index is 0.216. The highest BCUT2D eigenvalue weighted by molar-refractivity contribution is 9.10. The summed E-state index contributed by atoms with van der Waals surface area (Å²) in [5.41, 5.74) is 1.43. The van der Waals surface area contributed by atoms with Gasteiger partial charge in [0.05, 0.1) is 5.56 Å². The third-order valence-electron chi connectivity index (χ3n) is 3.98. The third kappa shape index (κ3) is 6.99. The molecule has 0 radical (unpaired) electrons. The van der Waals surface area contributed by atoms with Crippen molar-refractivity contribution in [1.82, 2.24) is 10.6 Å². The summed E-state index contributed by atoms with van der Waals surface area (Å²) < 4.78 is 13.6. The van der Waals surface area contributed by atoms with Gasteiger partial charge in [0.25, 0.3) is 5.91 Å². The number of rotatable bonds is 9. The summed E-state index contributed by atoms with van der Waals surface area (Å²) in [6, 6.07) is 12.7. The average molecular weight is 453 g/mol. The molecular formula is C20H22BrFN2O2S. The maximum absolute atomic E-state index is 12.9. The molecule has 1 atom stereocenters. The summed E-state index contributed by atoms with van der Waals surface area (Å²) in [6.07, 6.45) is 3.10. The van der Waals surface area contributed by atoms with E-state index in [9.17, 15) is 14.0 Å². The summed E-state index contributed by atoms with van der Waals surface area (Å²) in [5.74, 6) is -0.0322. The van der Waals surface area contributed by atoms with Crippen LogP contribution in [0.3, 0.4) is 0 Å². The molecular weight excluding hydrogens is 431 g/mol. The molecule has 2 N–H and O–H groups in total. The summed E-state index contributed by atoms with van der Waals surface area (Å²) >= 11 is 4.98. The van der Waals surface area contributed by atoms with Gasteiger partial charge in [-0.15, -0.1) is 0 Å². The molecule has 7 heteroatoms. The molecule has 0 saturated carbocycles. The zero-order chi connectivity index (χ0) is 19.6. The van der Waals surface area contributed by atoms with E-state index < -0.39 is 6.04 Å². The second-order valence-electron chi connectivity index (χ2n) is 5.95. The van der Waals surface area contributed by atoms with Crippen LogP contribution in [-0.2, 0) is 11.2 Å². The van der Waals surface area contributed by atoms with Gasteiger partial charge in [0.1, 0.15) is 11.9 Å². The third-order valence-corrected chi connectivity index (χ3v) is 5.31. The SMILES string of the molecule is CSCCC(NC(=O)c1ccccc1Br)C(=O)NCCc1ccc(F)cc1. The predicted octanol–water partition coefficient (Wildman–Crippen LogP) is 3.80. The number of benzene rings is 2. The molecule has 1 unspecified atom stereocenters. The van der Waals surface area contributed by atoms with Gasteiger partial charge in [-0.05, 0) is 70.6 Å². The number of amides is 2. The summed E-state index contributed by atoms with van der Waals surface area (Å²) in [7, 11) is 0. The van der Waals surface area contributed by atoms with E-state index >= 15 is 0 Å². The van der Waals surface area contributed by atoms with Crippen LogP contribution in [0.5, 0.6) is 0 Å². The van der Waals surface area contributed by atoms with Crippen LogP contribution < -0.4 is 10.6 Å². The molecule has 0 fully saturated rings. The molecule has 2 amide bonds. The van der Waals surface area contributed by atoms with E-state index in [1.165, 1.54) is 12.1 Å². The molecule has 0 spiro atoms. The first-order chi connectivity index (χ1) is 13.0. The van der Waals surface area contributed by atoms with Gasteiger partial charge in [-0.1, -0.05) is 24.3 Å². The van der Waals surface area contributed by atoms with E-state index in [-0.39, 0.29) is 17.6 Å². The first-order valence-electron chi connectivity index (χ1n) is 8.57. The fraction of sp³-hybridized carbons (Fsp3) is 0.300. The van der Waals surface area contributed by atoms with E-state index in [4.69, 9.17) is 0 Å². The Morgan fingerprint density at radius 2 is 1.85 bits per heavy atom. The Kier molecular flexibility index (Phi) is 8.81. The Hall–Kier alpha value is -1.86. The van der Waals surface area contributed by atoms with Crippen molar-refractivity contribution in [1.29, 1.82) is 0 Å². The lowest BCUT2D eigenvalue weighted by Gasteiger charge is -2.18. The molecule has 0 aliphatic carbocycles. The second-order valence-corrected chi connectivity index (χ2v) is 7.79. The lowest BCUT2D eigenvalue weighted by Crippen LogP contribution is -2.47. The molecule has 4 nitrogen and oxygen atoms in total. The number of carbonyl (C=O) groups is 2. The first kappa shape index (κ1) is 21.4. The molecule has 27 heavy (non-hydrogen) atoms. The number of thioether (sulfide) groups is 1. The zero-order valence-electron chi connectivity index (χ0n) is 15.0. The number of hydrogen-bond acceptors (Lipinski definition) is 3. The first-order valence-corrected chi connectivity index (χ1v) is 10.8. The second kappa shape index (κ2) is 11.1. The minimum atomic E-state index is -0.606. The topological polar surface area (TPSA) is 58.2 Å². The van der Waals surface area contributed by atoms with Gasteiger partial charge in [-0.3, -0.25) is 9.59 Å². The van der Waals surface area contributed by atoms with E-state index in [1.807, 2.05) is 12.3 Å². The maximum atomic E-state index is 12.9. The van der Waals surface area contributed by atoms with E-state index in [1.54, 1.807) is 42.1 Å². The lowest BCUT2D eigenvalue weighted by molar-refractivity contribution is -0.122. The molecule has 0 aliphatic heterocycles. The number of nitrogens with one attached hydrogen (secondary N) is 2. The molecule has 0 aliphatic rings. The smallest absolute Gasteiger partial charge is 0.253 e. The highest BCUT2D eigenvalue weighted by Gasteiger charge is 2.21. The molecule has 0 aromatic heterocycles. The van der Waals surface area contributed by atoms with Gasteiger partial charge < -0.3 is 10.6 Å². The maximum Gasteiger partial charge on any atom is 0.253 e. The van der Waals surface area contributed by atoms with Gasteiger partial charge in [0, 0.05) is 11.0 Å². The van der Waals surface area contributed by atoms with Crippen LogP contribution in [0.25, 0.3) is 0 Å². The molecule has 0 saturated heterocycles. The normalized spacial score (nSPS) is 11.7. The summed E-state index contributed by atoms with van der Waals surface area (Å²) in [6.45, 7) is 0.422. The molecule has 0 bridgehead atoms. The van der Waals surface area contributed by atoms with Crippen LogP contribution in [0.2, 0.25) is 0 Å². The highest BCUT2D eigenvalue weighted by atomic mass is 79.9. The Labute approximate surface area is 171 Å². The number of hydrogen-bond donors (Lipinski definition) is 2. The predicted molar refractivity (Wildman–Crippen MR) is 112 cm³/mol.